The molecule has 2 aromatic carbocycles. The van der Waals surface area contributed by atoms with Crippen molar-refractivity contribution in [3.8, 4) is 11.1 Å². The van der Waals surface area contributed by atoms with E-state index in [1.54, 1.807) is 12.1 Å². The summed E-state index contributed by atoms with van der Waals surface area (Å²) in [5.74, 6) is -0.950. The number of hydrogen-bond acceptors (Lipinski definition) is 1. The maximum absolute atomic E-state index is 10.9. The summed E-state index contributed by atoms with van der Waals surface area (Å²) in [6.45, 7) is 0. The van der Waals surface area contributed by atoms with Gasteiger partial charge >= 0.3 is 5.97 Å². The first-order valence-corrected chi connectivity index (χ1v) is 5.14. The maximum atomic E-state index is 10.9. The Labute approximate surface area is 98.1 Å². The van der Waals surface area contributed by atoms with Crippen molar-refractivity contribution in [3.05, 3.63) is 59.1 Å². The molecular weight excluding hydrogens is 224 g/mol. The lowest BCUT2D eigenvalue weighted by atomic mass is 10.0. The molecule has 3 heteroatoms. The van der Waals surface area contributed by atoms with Crippen molar-refractivity contribution in [2.45, 2.75) is 0 Å². The Balaban J connectivity index is 2.56. The highest BCUT2D eigenvalue weighted by Crippen LogP contribution is 2.28. The van der Waals surface area contributed by atoms with Crippen LogP contribution in [0.4, 0.5) is 0 Å². The fraction of sp³-hybridized carbons (Fsp3) is 0. The zero-order valence-corrected chi connectivity index (χ0v) is 9.11. The third-order valence-electron chi connectivity index (χ3n) is 2.30. The predicted octanol–water partition coefficient (Wildman–Crippen LogP) is 3.71. The lowest BCUT2D eigenvalue weighted by Crippen LogP contribution is -1.96. The van der Waals surface area contributed by atoms with Gasteiger partial charge in [-0.3, -0.25) is 0 Å². The monoisotopic (exact) mass is 232 g/mol. The average Bonchev–Trinajstić information content (AvgIpc) is 2.30. The van der Waals surface area contributed by atoms with Gasteiger partial charge in [-0.2, -0.15) is 0 Å². The molecule has 0 aliphatic heterocycles. The van der Waals surface area contributed by atoms with Crippen molar-refractivity contribution in [2.75, 3.05) is 0 Å². The molecule has 0 amide bonds. The van der Waals surface area contributed by atoms with E-state index in [9.17, 15) is 4.79 Å². The summed E-state index contributed by atoms with van der Waals surface area (Å²) < 4.78 is 0. The van der Waals surface area contributed by atoms with Crippen LogP contribution in [-0.4, -0.2) is 11.1 Å². The van der Waals surface area contributed by atoms with Crippen molar-refractivity contribution in [3.63, 3.8) is 0 Å². The van der Waals surface area contributed by atoms with Crippen molar-refractivity contribution in [2.24, 2.45) is 0 Å². The second kappa shape index (κ2) is 4.37. The Morgan fingerprint density at radius 2 is 1.75 bits per heavy atom. The molecule has 0 aliphatic rings. The molecule has 0 spiro atoms. The fourth-order valence-corrected chi connectivity index (χ4v) is 1.72. The molecule has 16 heavy (non-hydrogen) atoms. The molecular formula is C13H9ClO2. The SMILES string of the molecule is O=C(O)c1ccc(Cl)c(-c2ccccc2)c1. The van der Waals surface area contributed by atoms with E-state index in [0.29, 0.717) is 5.02 Å². The number of benzene rings is 2. The van der Waals surface area contributed by atoms with Gasteiger partial charge in [-0.15, -0.1) is 0 Å². The molecule has 2 aromatic rings. The number of carboxylic acids is 1. The van der Waals surface area contributed by atoms with E-state index < -0.39 is 5.97 Å². The summed E-state index contributed by atoms with van der Waals surface area (Å²) >= 11 is 6.04. The molecule has 0 saturated carbocycles. The Bertz CT molecular complexity index is 521. The zero-order valence-electron chi connectivity index (χ0n) is 8.35. The molecule has 0 saturated heterocycles. The van der Waals surface area contributed by atoms with Crippen molar-refractivity contribution in [1.29, 1.82) is 0 Å². The Hall–Kier alpha value is -1.80. The van der Waals surface area contributed by atoms with Gasteiger partial charge < -0.3 is 5.11 Å². The van der Waals surface area contributed by atoms with Crippen LogP contribution < -0.4 is 0 Å². The summed E-state index contributed by atoms with van der Waals surface area (Å²) in [6.07, 6.45) is 0. The van der Waals surface area contributed by atoms with Crippen molar-refractivity contribution >= 4 is 17.6 Å². The highest BCUT2D eigenvalue weighted by molar-refractivity contribution is 6.33. The minimum absolute atomic E-state index is 0.239. The second-order valence-corrected chi connectivity index (χ2v) is 3.77. The van der Waals surface area contributed by atoms with Gasteiger partial charge in [0.05, 0.1) is 5.56 Å². The quantitative estimate of drug-likeness (QED) is 0.857. The average molecular weight is 233 g/mol. The van der Waals surface area contributed by atoms with Crippen LogP contribution in [0.3, 0.4) is 0 Å². The molecule has 0 atom stereocenters. The highest BCUT2D eigenvalue weighted by atomic mass is 35.5. The minimum atomic E-state index is -0.950. The third-order valence-corrected chi connectivity index (χ3v) is 2.63. The summed E-state index contributed by atoms with van der Waals surface area (Å²) in [6, 6.07) is 14.2. The van der Waals surface area contributed by atoms with Gasteiger partial charge in [0.2, 0.25) is 0 Å². The van der Waals surface area contributed by atoms with E-state index in [4.69, 9.17) is 16.7 Å². The van der Waals surface area contributed by atoms with Crippen LogP contribution in [0.2, 0.25) is 5.02 Å². The van der Waals surface area contributed by atoms with Crippen LogP contribution in [0.5, 0.6) is 0 Å². The molecule has 0 aromatic heterocycles. The zero-order chi connectivity index (χ0) is 11.5. The van der Waals surface area contributed by atoms with Gasteiger partial charge in [0.15, 0.2) is 0 Å². The first-order valence-electron chi connectivity index (χ1n) is 4.77. The number of halogens is 1. The van der Waals surface area contributed by atoms with E-state index in [-0.39, 0.29) is 5.56 Å². The Kier molecular flexibility index (Phi) is 2.93. The molecule has 80 valence electrons. The molecule has 0 fully saturated rings. The largest absolute Gasteiger partial charge is 0.478 e. The third kappa shape index (κ3) is 2.07. The van der Waals surface area contributed by atoms with Crippen LogP contribution in [0, 0.1) is 0 Å². The molecule has 1 N–H and O–H groups in total. The second-order valence-electron chi connectivity index (χ2n) is 3.37. The lowest BCUT2D eigenvalue weighted by molar-refractivity contribution is 0.0697. The Morgan fingerprint density at radius 1 is 1.06 bits per heavy atom. The van der Waals surface area contributed by atoms with Crippen LogP contribution >= 0.6 is 11.6 Å². The maximum Gasteiger partial charge on any atom is 0.335 e. The molecule has 0 bridgehead atoms. The Morgan fingerprint density at radius 3 is 2.38 bits per heavy atom. The minimum Gasteiger partial charge on any atom is -0.478 e. The number of hydrogen-bond donors (Lipinski definition) is 1. The number of aromatic carboxylic acids is 1. The molecule has 0 aliphatic carbocycles. The molecule has 2 nitrogen and oxygen atoms in total. The lowest BCUT2D eigenvalue weighted by Gasteiger charge is -2.05. The van der Waals surface area contributed by atoms with Gasteiger partial charge in [-0.25, -0.2) is 4.79 Å². The summed E-state index contributed by atoms with van der Waals surface area (Å²) in [7, 11) is 0. The smallest absolute Gasteiger partial charge is 0.335 e. The first kappa shape index (κ1) is 10.7. The normalized spacial score (nSPS) is 10.1. The van der Waals surface area contributed by atoms with Gasteiger partial charge in [0.25, 0.3) is 0 Å². The van der Waals surface area contributed by atoms with Crippen LogP contribution in [-0.2, 0) is 0 Å². The van der Waals surface area contributed by atoms with Crippen LogP contribution in [0.25, 0.3) is 11.1 Å². The topological polar surface area (TPSA) is 37.3 Å². The van der Waals surface area contributed by atoms with E-state index in [2.05, 4.69) is 0 Å². The fourth-order valence-electron chi connectivity index (χ4n) is 1.50. The van der Waals surface area contributed by atoms with Crippen LogP contribution in [0.1, 0.15) is 10.4 Å². The van der Waals surface area contributed by atoms with E-state index in [0.717, 1.165) is 11.1 Å². The van der Waals surface area contributed by atoms with E-state index >= 15 is 0 Å². The summed E-state index contributed by atoms with van der Waals surface area (Å²) in [5.41, 5.74) is 1.89. The first-order chi connectivity index (χ1) is 7.68. The van der Waals surface area contributed by atoms with Crippen LogP contribution in [0.15, 0.2) is 48.5 Å². The van der Waals surface area contributed by atoms with E-state index in [1.165, 1.54) is 6.07 Å². The van der Waals surface area contributed by atoms with Gasteiger partial charge in [0.1, 0.15) is 0 Å². The van der Waals surface area contributed by atoms with Gasteiger partial charge in [-0.05, 0) is 23.8 Å². The molecule has 0 radical (unpaired) electrons. The van der Waals surface area contributed by atoms with Gasteiger partial charge in [-0.1, -0.05) is 41.9 Å². The standard InChI is InChI=1S/C13H9ClO2/c14-12-7-6-10(13(15)16)8-11(12)9-4-2-1-3-5-9/h1-8H,(H,15,16). The molecule has 0 heterocycles. The highest BCUT2D eigenvalue weighted by Gasteiger charge is 2.08. The van der Waals surface area contributed by atoms with Crippen molar-refractivity contribution < 1.29 is 9.90 Å². The summed E-state index contributed by atoms with van der Waals surface area (Å²) in [4.78, 5) is 10.9. The number of rotatable bonds is 2. The van der Waals surface area contributed by atoms with Crippen molar-refractivity contribution in [1.82, 2.24) is 0 Å². The molecule has 0 unspecified atom stereocenters. The molecule has 2 rings (SSSR count). The predicted molar refractivity (Wildman–Crippen MR) is 63.8 cm³/mol. The number of carboxylic acid groups (broad SMARTS) is 1. The van der Waals surface area contributed by atoms with Gasteiger partial charge in [0, 0.05) is 10.6 Å². The summed E-state index contributed by atoms with van der Waals surface area (Å²) in [5, 5.41) is 9.46. The van der Waals surface area contributed by atoms with E-state index in [1.807, 2.05) is 30.3 Å². The number of carbonyl (C=O) groups is 1.